The highest BCUT2D eigenvalue weighted by molar-refractivity contribution is 5.81. The molecule has 0 unspecified atom stereocenters. The Balaban J connectivity index is 1.53. The van der Waals surface area contributed by atoms with Crippen molar-refractivity contribution in [3.63, 3.8) is 0 Å². The molecule has 3 heterocycles. The maximum Gasteiger partial charge on any atom is 0.258 e. The highest BCUT2D eigenvalue weighted by atomic mass is 16.2. The van der Waals surface area contributed by atoms with Gasteiger partial charge in [0.2, 0.25) is 5.91 Å². The summed E-state index contributed by atoms with van der Waals surface area (Å²) in [5.74, 6) is 1.01. The Morgan fingerprint density at radius 3 is 2.77 bits per heavy atom. The number of piperidine rings is 1. The van der Waals surface area contributed by atoms with Crippen molar-refractivity contribution in [2.45, 2.75) is 44.6 Å². The van der Waals surface area contributed by atoms with Gasteiger partial charge in [0.05, 0.1) is 16.9 Å². The molecule has 2 fully saturated rings. The van der Waals surface area contributed by atoms with Gasteiger partial charge in [0, 0.05) is 19.0 Å². The van der Waals surface area contributed by atoms with Crippen LogP contribution >= 0.6 is 0 Å². The SMILES string of the molecule is C[C@H](C(=O)N1CCC[C@@H](c2nc3ccccc3c(=O)[nH]2)C1)N1CCCC1. The van der Waals surface area contributed by atoms with Crippen LogP contribution in [0.2, 0.25) is 0 Å². The maximum atomic E-state index is 12.9. The summed E-state index contributed by atoms with van der Waals surface area (Å²) in [6.45, 7) is 5.49. The average molecular weight is 354 g/mol. The summed E-state index contributed by atoms with van der Waals surface area (Å²) in [6, 6.07) is 7.35. The molecule has 1 aromatic carbocycles. The van der Waals surface area contributed by atoms with Crippen molar-refractivity contribution < 1.29 is 4.79 Å². The van der Waals surface area contributed by atoms with Crippen LogP contribution in [0.1, 0.15) is 44.3 Å². The fourth-order valence-corrected chi connectivity index (χ4v) is 4.25. The maximum absolute atomic E-state index is 12.9. The van der Waals surface area contributed by atoms with Crippen molar-refractivity contribution in [2.24, 2.45) is 0 Å². The van der Waals surface area contributed by atoms with Crippen LogP contribution < -0.4 is 5.56 Å². The standard InChI is InChI=1S/C20H26N4O2/c1-14(23-10-4-5-11-23)20(26)24-12-6-7-15(13-24)18-21-17-9-3-2-8-16(17)19(25)22-18/h2-3,8-9,14-15H,4-7,10-13H2,1H3,(H,21,22,25)/t14-,15-/m1/s1. The Morgan fingerprint density at radius 2 is 1.96 bits per heavy atom. The third-order valence-electron chi connectivity index (χ3n) is 5.80. The molecule has 6 nitrogen and oxygen atoms in total. The smallest absolute Gasteiger partial charge is 0.258 e. The van der Waals surface area contributed by atoms with Gasteiger partial charge in [-0.05, 0) is 57.8 Å². The number of rotatable bonds is 3. The topological polar surface area (TPSA) is 69.3 Å². The number of hydrogen-bond acceptors (Lipinski definition) is 4. The van der Waals surface area contributed by atoms with Gasteiger partial charge in [0.25, 0.3) is 5.56 Å². The van der Waals surface area contributed by atoms with Gasteiger partial charge in [0.15, 0.2) is 0 Å². The minimum atomic E-state index is -0.0977. The summed E-state index contributed by atoms with van der Waals surface area (Å²) in [5, 5.41) is 0.614. The van der Waals surface area contributed by atoms with Crippen molar-refractivity contribution in [1.82, 2.24) is 19.8 Å². The summed E-state index contributed by atoms with van der Waals surface area (Å²) in [6.07, 6.45) is 4.26. The number of para-hydroxylation sites is 1. The van der Waals surface area contributed by atoms with Gasteiger partial charge in [-0.3, -0.25) is 14.5 Å². The van der Waals surface area contributed by atoms with Crippen molar-refractivity contribution >= 4 is 16.8 Å². The first-order valence-electron chi connectivity index (χ1n) is 9.65. The lowest BCUT2D eigenvalue weighted by Crippen LogP contribution is -2.49. The van der Waals surface area contributed by atoms with Gasteiger partial charge in [-0.1, -0.05) is 12.1 Å². The lowest BCUT2D eigenvalue weighted by atomic mass is 9.96. The first-order valence-corrected chi connectivity index (χ1v) is 9.65. The molecular weight excluding hydrogens is 328 g/mol. The molecule has 0 saturated carbocycles. The predicted octanol–water partition coefficient (Wildman–Crippen LogP) is 2.11. The largest absolute Gasteiger partial charge is 0.341 e. The zero-order chi connectivity index (χ0) is 18.1. The molecule has 6 heteroatoms. The summed E-state index contributed by atoms with van der Waals surface area (Å²) in [7, 11) is 0. The van der Waals surface area contributed by atoms with Crippen LogP contribution in [0.4, 0.5) is 0 Å². The van der Waals surface area contributed by atoms with Gasteiger partial charge < -0.3 is 9.88 Å². The Bertz CT molecular complexity index is 856. The lowest BCUT2D eigenvalue weighted by Gasteiger charge is -2.36. The molecule has 2 aromatic rings. The fourth-order valence-electron chi connectivity index (χ4n) is 4.25. The molecule has 2 saturated heterocycles. The van der Waals surface area contributed by atoms with E-state index in [2.05, 4.69) is 14.9 Å². The van der Waals surface area contributed by atoms with E-state index in [0.29, 0.717) is 17.8 Å². The van der Waals surface area contributed by atoms with Crippen LogP contribution in [0, 0.1) is 0 Å². The predicted molar refractivity (Wildman–Crippen MR) is 101 cm³/mol. The summed E-state index contributed by atoms with van der Waals surface area (Å²) in [4.78, 5) is 37.2. The Morgan fingerprint density at radius 1 is 1.19 bits per heavy atom. The number of benzene rings is 1. The van der Waals surface area contributed by atoms with Crippen LogP contribution in [-0.2, 0) is 4.79 Å². The highest BCUT2D eigenvalue weighted by Gasteiger charge is 2.32. The monoisotopic (exact) mass is 354 g/mol. The van der Waals surface area contributed by atoms with Crippen LogP contribution in [0.25, 0.3) is 10.9 Å². The molecule has 4 rings (SSSR count). The second kappa shape index (κ2) is 7.19. The quantitative estimate of drug-likeness (QED) is 0.917. The van der Waals surface area contributed by atoms with Gasteiger partial charge in [0.1, 0.15) is 5.82 Å². The minimum absolute atomic E-state index is 0.0557. The Hall–Kier alpha value is -2.21. The molecule has 26 heavy (non-hydrogen) atoms. The molecule has 0 aliphatic carbocycles. The second-order valence-corrected chi connectivity index (χ2v) is 7.51. The number of hydrogen-bond donors (Lipinski definition) is 1. The van der Waals surface area contributed by atoms with E-state index in [0.717, 1.165) is 38.0 Å². The number of fused-ring (bicyclic) bond motifs is 1. The number of H-pyrrole nitrogens is 1. The van der Waals surface area contributed by atoms with Crippen LogP contribution in [0.15, 0.2) is 29.1 Å². The summed E-state index contributed by atoms with van der Waals surface area (Å²) >= 11 is 0. The first-order chi connectivity index (χ1) is 12.6. The van der Waals surface area contributed by atoms with Gasteiger partial charge in [-0.15, -0.1) is 0 Å². The van der Waals surface area contributed by atoms with Crippen LogP contribution in [-0.4, -0.2) is 57.9 Å². The molecule has 1 aromatic heterocycles. The molecule has 1 amide bonds. The van der Waals surface area contributed by atoms with E-state index in [9.17, 15) is 9.59 Å². The van der Waals surface area contributed by atoms with Crippen LogP contribution in [0.3, 0.4) is 0 Å². The van der Waals surface area contributed by atoms with Crippen LogP contribution in [0.5, 0.6) is 0 Å². The third-order valence-corrected chi connectivity index (χ3v) is 5.80. The number of amides is 1. The second-order valence-electron chi connectivity index (χ2n) is 7.51. The van der Waals surface area contributed by atoms with Crippen molar-refractivity contribution in [2.75, 3.05) is 26.2 Å². The Labute approximate surface area is 153 Å². The molecule has 2 aliphatic rings. The van der Waals surface area contributed by atoms with E-state index in [1.807, 2.05) is 30.0 Å². The zero-order valence-electron chi connectivity index (χ0n) is 15.3. The van der Waals surface area contributed by atoms with Crippen molar-refractivity contribution in [3.05, 3.63) is 40.4 Å². The number of nitrogens with zero attached hydrogens (tertiary/aromatic N) is 3. The van der Waals surface area contributed by atoms with Gasteiger partial charge in [-0.2, -0.15) is 0 Å². The number of carbonyl (C=O) groups excluding carboxylic acids is 1. The first kappa shape index (κ1) is 17.2. The molecule has 138 valence electrons. The molecule has 0 spiro atoms. The van der Waals surface area contributed by atoms with E-state index in [-0.39, 0.29) is 23.4 Å². The number of likely N-dealkylation sites (tertiary alicyclic amines) is 2. The molecule has 0 radical (unpaired) electrons. The lowest BCUT2D eigenvalue weighted by molar-refractivity contribution is -0.137. The number of nitrogens with one attached hydrogen (secondary N) is 1. The molecule has 2 aliphatic heterocycles. The number of aromatic nitrogens is 2. The van der Waals surface area contributed by atoms with E-state index in [4.69, 9.17) is 0 Å². The normalized spacial score (nSPS) is 22.7. The molecular formula is C20H26N4O2. The summed E-state index contributed by atoms with van der Waals surface area (Å²) < 4.78 is 0. The Kier molecular flexibility index (Phi) is 4.76. The van der Waals surface area contributed by atoms with Gasteiger partial charge >= 0.3 is 0 Å². The molecule has 2 atom stereocenters. The van der Waals surface area contributed by atoms with E-state index < -0.39 is 0 Å². The average Bonchev–Trinajstić information content (AvgIpc) is 3.22. The number of aromatic amines is 1. The van der Waals surface area contributed by atoms with Crippen molar-refractivity contribution in [3.8, 4) is 0 Å². The zero-order valence-corrected chi connectivity index (χ0v) is 15.3. The number of carbonyl (C=O) groups is 1. The van der Waals surface area contributed by atoms with Gasteiger partial charge in [-0.25, -0.2) is 4.98 Å². The van der Waals surface area contributed by atoms with Crippen molar-refractivity contribution in [1.29, 1.82) is 0 Å². The van der Waals surface area contributed by atoms with E-state index >= 15 is 0 Å². The van der Waals surface area contributed by atoms with E-state index in [1.54, 1.807) is 6.07 Å². The summed E-state index contributed by atoms with van der Waals surface area (Å²) in [5.41, 5.74) is 0.625. The van der Waals surface area contributed by atoms with E-state index in [1.165, 1.54) is 12.8 Å². The minimum Gasteiger partial charge on any atom is -0.341 e. The molecule has 1 N–H and O–H groups in total. The third kappa shape index (κ3) is 3.26. The highest BCUT2D eigenvalue weighted by Crippen LogP contribution is 2.26. The fraction of sp³-hybridized carbons (Fsp3) is 0.550. The molecule has 0 bridgehead atoms.